The third kappa shape index (κ3) is 4.94. The Hall–Kier alpha value is -4.13. The summed E-state index contributed by atoms with van der Waals surface area (Å²) >= 11 is 0. The Morgan fingerprint density at radius 3 is 2.19 bits per heavy atom. The van der Waals surface area contributed by atoms with E-state index in [9.17, 15) is 22.8 Å². The monoisotopic (exact) mass is 502 g/mol. The maximum Gasteiger partial charge on any atom is 0.416 e. The number of nitrogens with one attached hydrogen (secondary N) is 2. The molecule has 1 heterocycles. The van der Waals surface area contributed by atoms with Crippen LogP contribution in [0.3, 0.4) is 0 Å². The first-order chi connectivity index (χ1) is 17.7. The van der Waals surface area contributed by atoms with Crippen molar-refractivity contribution in [1.82, 2.24) is 5.32 Å². The Bertz CT molecular complexity index is 1410. The van der Waals surface area contributed by atoms with Gasteiger partial charge in [0.05, 0.1) is 5.56 Å². The molecule has 3 aromatic rings. The highest BCUT2D eigenvalue weighted by molar-refractivity contribution is 6.10. The Balaban J connectivity index is 1.52. The quantitative estimate of drug-likeness (QED) is 0.417. The van der Waals surface area contributed by atoms with Crippen molar-refractivity contribution in [3.8, 4) is 0 Å². The molecule has 3 aromatic carbocycles. The number of hydrogen-bond acceptors (Lipinski definition) is 3. The lowest BCUT2D eigenvalue weighted by Gasteiger charge is -2.37. The Morgan fingerprint density at radius 2 is 1.54 bits per heavy atom. The molecule has 0 spiro atoms. The summed E-state index contributed by atoms with van der Waals surface area (Å²) in [4.78, 5) is 27.2. The van der Waals surface area contributed by atoms with E-state index in [4.69, 9.17) is 0 Å². The van der Waals surface area contributed by atoms with Crippen molar-refractivity contribution in [3.05, 3.63) is 124 Å². The number of ketones is 1. The van der Waals surface area contributed by atoms with Gasteiger partial charge in [-0.1, -0.05) is 66.7 Å². The summed E-state index contributed by atoms with van der Waals surface area (Å²) in [7, 11) is 0. The van der Waals surface area contributed by atoms with Crippen LogP contribution in [0.5, 0.6) is 0 Å². The van der Waals surface area contributed by atoms with Gasteiger partial charge in [0.15, 0.2) is 5.78 Å². The lowest BCUT2D eigenvalue weighted by atomic mass is 9.71. The molecular formula is C30H25F3N2O2. The largest absolute Gasteiger partial charge is 0.416 e. The zero-order valence-electron chi connectivity index (χ0n) is 20.1. The number of halogens is 3. The summed E-state index contributed by atoms with van der Waals surface area (Å²) in [5.41, 5.74) is 3.24. The lowest BCUT2D eigenvalue weighted by molar-refractivity contribution is -0.137. The zero-order valence-corrected chi connectivity index (χ0v) is 20.1. The van der Waals surface area contributed by atoms with Crippen molar-refractivity contribution in [3.63, 3.8) is 0 Å². The average molecular weight is 503 g/mol. The standard InChI is InChI=1S/C30H25F3N2O2/c1-18-26(29(37)35-23-14-8-13-22(17-23)30(31,32)33)27(20-11-6-3-7-12-20)28-24(34-18)15-21(16-25(28)36)19-9-4-2-5-10-19/h2-14,17,21,27,34H,15-16H2,1H3,(H,35,37)/t21-,27+/m1/s1. The van der Waals surface area contributed by atoms with Crippen LogP contribution in [0.2, 0.25) is 0 Å². The molecule has 2 atom stereocenters. The molecule has 1 amide bonds. The second-order valence-corrected chi connectivity index (χ2v) is 9.37. The summed E-state index contributed by atoms with van der Waals surface area (Å²) in [6.45, 7) is 1.76. The number of rotatable bonds is 4. The van der Waals surface area contributed by atoms with E-state index in [0.717, 1.165) is 29.0 Å². The summed E-state index contributed by atoms with van der Waals surface area (Å²) in [6.07, 6.45) is -3.60. The highest BCUT2D eigenvalue weighted by Gasteiger charge is 2.41. The van der Waals surface area contributed by atoms with E-state index in [-0.39, 0.29) is 17.4 Å². The smallest absolute Gasteiger partial charge is 0.362 e. The van der Waals surface area contributed by atoms with Crippen molar-refractivity contribution in [2.45, 2.75) is 37.8 Å². The fourth-order valence-electron chi connectivity index (χ4n) is 5.25. The molecule has 1 aliphatic carbocycles. The maximum atomic E-state index is 13.6. The Morgan fingerprint density at radius 1 is 0.892 bits per heavy atom. The van der Waals surface area contributed by atoms with Crippen LogP contribution in [0.15, 0.2) is 107 Å². The molecule has 7 heteroatoms. The van der Waals surface area contributed by atoms with Gasteiger partial charge >= 0.3 is 6.18 Å². The predicted octanol–water partition coefficient (Wildman–Crippen LogP) is 6.71. The fourth-order valence-corrected chi connectivity index (χ4v) is 5.25. The van der Waals surface area contributed by atoms with E-state index in [2.05, 4.69) is 10.6 Å². The number of hydrogen-bond donors (Lipinski definition) is 2. The van der Waals surface area contributed by atoms with Gasteiger partial charge in [0.2, 0.25) is 0 Å². The second-order valence-electron chi connectivity index (χ2n) is 9.37. The maximum absolute atomic E-state index is 13.6. The molecular weight excluding hydrogens is 477 g/mol. The van der Waals surface area contributed by atoms with Crippen LogP contribution in [-0.2, 0) is 15.8 Å². The van der Waals surface area contributed by atoms with Crippen LogP contribution in [0.25, 0.3) is 0 Å². The van der Waals surface area contributed by atoms with Crippen molar-refractivity contribution < 1.29 is 22.8 Å². The van der Waals surface area contributed by atoms with E-state index in [1.165, 1.54) is 12.1 Å². The number of amides is 1. The van der Waals surface area contributed by atoms with Gasteiger partial charge < -0.3 is 10.6 Å². The number of Topliss-reactive ketones (excluding diaryl/α,β-unsaturated/α-hetero) is 1. The number of alkyl halides is 3. The molecule has 188 valence electrons. The molecule has 0 radical (unpaired) electrons. The highest BCUT2D eigenvalue weighted by Crippen LogP contribution is 2.45. The predicted molar refractivity (Wildman–Crippen MR) is 136 cm³/mol. The number of anilines is 1. The molecule has 0 aromatic heterocycles. The third-order valence-electron chi connectivity index (χ3n) is 6.92. The molecule has 2 aliphatic rings. The first-order valence-electron chi connectivity index (χ1n) is 12.0. The van der Waals surface area contributed by atoms with E-state index in [0.29, 0.717) is 29.7 Å². The molecule has 0 bridgehead atoms. The van der Waals surface area contributed by atoms with Gasteiger partial charge in [-0.3, -0.25) is 9.59 Å². The SMILES string of the molecule is CC1=C(C(=O)Nc2cccc(C(F)(F)F)c2)[C@H](c2ccccc2)C2=C(C[C@@H](c3ccccc3)CC2=O)N1. The van der Waals surface area contributed by atoms with Crippen molar-refractivity contribution in [2.24, 2.45) is 0 Å². The molecule has 37 heavy (non-hydrogen) atoms. The first kappa shape index (κ1) is 24.6. The van der Waals surface area contributed by atoms with Crippen LogP contribution in [0.1, 0.15) is 48.3 Å². The van der Waals surface area contributed by atoms with Crippen LogP contribution >= 0.6 is 0 Å². The minimum atomic E-state index is -4.53. The van der Waals surface area contributed by atoms with Gasteiger partial charge in [0.25, 0.3) is 5.91 Å². The topological polar surface area (TPSA) is 58.2 Å². The second kappa shape index (κ2) is 9.73. The molecule has 1 aliphatic heterocycles. The molecule has 2 N–H and O–H groups in total. The van der Waals surface area contributed by atoms with Crippen LogP contribution < -0.4 is 10.6 Å². The number of allylic oxidation sites excluding steroid dienone is 3. The van der Waals surface area contributed by atoms with Crippen LogP contribution in [0, 0.1) is 0 Å². The van der Waals surface area contributed by atoms with Gasteiger partial charge in [-0.15, -0.1) is 0 Å². The summed E-state index contributed by atoms with van der Waals surface area (Å²) in [5.74, 6) is -1.21. The molecule has 0 saturated heterocycles. The number of carbonyl (C=O) groups is 2. The summed E-state index contributed by atoms with van der Waals surface area (Å²) in [5, 5.41) is 5.93. The van der Waals surface area contributed by atoms with E-state index >= 15 is 0 Å². The normalized spacial score (nSPS) is 19.8. The van der Waals surface area contributed by atoms with Crippen molar-refractivity contribution in [2.75, 3.05) is 5.32 Å². The third-order valence-corrected chi connectivity index (χ3v) is 6.92. The van der Waals surface area contributed by atoms with Gasteiger partial charge in [-0.05, 0) is 48.6 Å². The van der Waals surface area contributed by atoms with Gasteiger partial charge in [0.1, 0.15) is 0 Å². The highest BCUT2D eigenvalue weighted by atomic mass is 19.4. The Labute approximate surface area is 212 Å². The van der Waals surface area contributed by atoms with E-state index < -0.39 is 23.6 Å². The zero-order chi connectivity index (χ0) is 26.2. The molecule has 0 saturated carbocycles. The average Bonchev–Trinajstić information content (AvgIpc) is 2.88. The molecule has 4 nitrogen and oxygen atoms in total. The minimum Gasteiger partial charge on any atom is -0.362 e. The summed E-state index contributed by atoms with van der Waals surface area (Å²) < 4.78 is 39.6. The van der Waals surface area contributed by atoms with Crippen molar-refractivity contribution >= 4 is 17.4 Å². The Kier molecular flexibility index (Phi) is 6.46. The number of benzene rings is 3. The minimum absolute atomic E-state index is 0.0182. The van der Waals surface area contributed by atoms with Gasteiger partial charge in [0, 0.05) is 40.6 Å². The first-order valence-corrected chi connectivity index (χ1v) is 12.0. The molecule has 5 rings (SSSR count). The van der Waals surface area contributed by atoms with Crippen LogP contribution in [0.4, 0.5) is 18.9 Å². The fraction of sp³-hybridized carbons (Fsp3) is 0.200. The number of dihydropyridines is 1. The van der Waals surface area contributed by atoms with Gasteiger partial charge in [-0.2, -0.15) is 13.2 Å². The van der Waals surface area contributed by atoms with E-state index in [1.807, 2.05) is 60.7 Å². The van der Waals surface area contributed by atoms with Crippen LogP contribution in [-0.4, -0.2) is 11.7 Å². The lowest BCUT2D eigenvalue weighted by Crippen LogP contribution is -2.37. The molecule has 0 fully saturated rings. The summed E-state index contributed by atoms with van der Waals surface area (Å²) in [6, 6.07) is 23.7. The van der Waals surface area contributed by atoms with Gasteiger partial charge in [-0.25, -0.2) is 0 Å². The van der Waals surface area contributed by atoms with Crippen molar-refractivity contribution in [1.29, 1.82) is 0 Å². The van der Waals surface area contributed by atoms with E-state index in [1.54, 1.807) is 6.92 Å². The number of carbonyl (C=O) groups excluding carboxylic acids is 2. The molecule has 0 unspecified atom stereocenters.